The Morgan fingerprint density at radius 3 is 1.42 bits per heavy atom. The Labute approximate surface area is 77.4 Å². The van der Waals surface area contributed by atoms with E-state index in [0.29, 0.717) is 0 Å². The molecule has 0 aliphatic heterocycles. The summed E-state index contributed by atoms with van der Waals surface area (Å²) in [7, 11) is -4.37. The molecule has 0 unspecified atom stereocenters. The largest absolute Gasteiger partial charge is 0.216 e. The second-order valence-corrected chi connectivity index (χ2v) is 10.4. The molecule has 0 saturated heterocycles. The lowest BCUT2D eigenvalue weighted by Crippen LogP contribution is -2.37. The Balaban J connectivity index is 4.67. The summed E-state index contributed by atoms with van der Waals surface area (Å²) >= 11 is 0. The van der Waals surface area contributed by atoms with Gasteiger partial charge in [-0.1, -0.05) is 20.8 Å². The smallest absolute Gasteiger partial charge is 0.212 e. The van der Waals surface area contributed by atoms with Crippen LogP contribution < -0.4 is 4.13 Å². The van der Waals surface area contributed by atoms with Crippen molar-refractivity contribution in [1.29, 1.82) is 0 Å². The minimum Gasteiger partial charge on any atom is -0.212 e. The van der Waals surface area contributed by atoms with Gasteiger partial charge in [0.15, 0.2) is 0 Å². The van der Waals surface area contributed by atoms with Crippen LogP contribution in [0.5, 0.6) is 0 Å². The van der Waals surface area contributed by atoms with Crippen LogP contribution in [-0.4, -0.2) is 31.9 Å². The maximum absolute atomic E-state index is 11.0. The Kier molecular flexibility index (Phi) is 3.26. The molecular formula is C7H19NO2S2. The van der Waals surface area contributed by atoms with Crippen molar-refractivity contribution in [3.05, 3.63) is 0 Å². The van der Waals surface area contributed by atoms with Crippen LogP contribution in [0.1, 0.15) is 20.8 Å². The molecule has 0 aliphatic carbocycles. The highest BCUT2D eigenvalue weighted by atomic mass is 32.3. The van der Waals surface area contributed by atoms with Crippen molar-refractivity contribution < 1.29 is 8.42 Å². The summed E-state index contributed by atoms with van der Waals surface area (Å²) in [5.74, 6) is 0. The van der Waals surface area contributed by atoms with E-state index in [9.17, 15) is 8.42 Å². The van der Waals surface area contributed by atoms with Crippen molar-refractivity contribution in [2.45, 2.75) is 25.5 Å². The Morgan fingerprint density at radius 2 is 1.33 bits per heavy atom. The fourth-order valence-electron chi connectivity index (χ4n) is 0.503. The van der Waals surface area contributed by atoms with Gasteiger partial charge in [-0.3, -0.25) is 0 Å². The summed E-state index contributed by atoms with van der Waals surface area (Å²) in [5, 5.41) is 0. The van der Waals surface area contributed by atoms with Gasteiger partial charge in [-0.2, -0.15) is 14.3 Å². The standard InChI is InChI=1S/C7H19NO2S2/c1-7(2,3)11(4,5)8-12(6,9)10/h8H,1-6H3. The lowest BCUT2D eigenvalue weighted by atomic mass is 10.3. The van der Waals surface area contributed by atoms with Crippen molar-refractivity contribution in [1.82, 2.24) is 4.13 Å². The molecule has 0 heterocycles. The zero-order chi connectivity index (χ0) is 10.2. The van der Waals surface area contributed by atoms with Crippen molar-refractivity contribution in [2.75, 3.05) is 18.8 Å². The summed E-state index contributed by atoms with van der Waals surface area (Å²) < 4.78 is 24.7. The van der Waals surface area contributed by atoms with E-state index in [2.05, 4.69) is 4.13 Å². The van der Waals surface area contributed by atoms with E-state index in [1.54, 1.807) is 0 Å². The lowest BCUT2D eigenvalue weighted by molar-refractivity contribution is 0.599. The highest BCUT2D eigenvalue weighted by Crippen LogP contribution is 2.49. The lowest BCUT2D eigenvalue weighted by Gasteiger charge is -2.44. The molecule has 3 nitrogen and oxygen atoms in total. The van der Waals surface area contributed by atoms with Gasteiger partial charge in [-0.05, 0) is 12.5 Å². The number of rotatable bonds is 2. The van der Waals surface area contributed by atoms with Gasteiger partial charge in [0.2, 0.25) is 10.0 Å². The molecule has 0 atom stereocenters. The molecule has 0 aromatic carbocycles. The van der Waals surface area contributed by atoms with E-state index in [0.717, 1.165) is 0 Å². The molecule has 76 valence electrons. The molecule has 0 fully saturated rings. The number of nitrogens with one attached hydrogen (secondary N) is 1. The van der Waals surface area contributed by atoms with Gasteiger partial charge in [0.25, 0.3) is 0 Å². The topological polar surface area (TPSA) is 46.2 Å². The van der Waals surface area contributed by atoms with Crippen molar-refractivity contribution in [3.8, 4) is 0 Å². The van der Waals surface area contributed by atoms with E-state index in [-0.39, 0.29) is 4.75 Å². The maximum atomic E-state index is 11.0. The second-order valence-electron chi connectivity index (χ2n) is 4.29. The van der Waals surface area contributed by atoms with Crippen LogP contribution in [-0.2, 0) is 10.0 Å². The molecule has 0 aliphatic rings. The van der Waals surface area contributed by atoms with Gasteiger partial charge in [-0.25, -0.2) is 8.42 Å². The highest BCUT2D eigenvalue weighted by molar-refractivity contribution is 8.36. The van der Waals surface area contributed by atoms with Crippen LogP contribution >= 0.6 is 10.2 Å². The molecule has 0 radical (unpaired) electrons. The van der Waals surface area contributed by atoms with E-state index in [1.807, 2.05) is 33.3 Å². The molecule has 1 N–H and O–H groups in total. The third-order valence-electron chi connectivity index (χ3n) is 1.89. The Morgan fingerprint density at radius 1 is 1.00 bits per heavy atom. The Bertz CT molecular complexity index is 249. The summed E-state index contributed by atoms with van der Waals surface area (Å²) in [4.78, 5) is 0. The van der Waals surface area contributed by atoms with Crippen LogP contribution in [0, 0.1) is 0 Å². The van der Waals surface area contributed by atoms with Crippen LogP contribution in [0.3, 0.4) is 0 Å². The fraction of sp³-hybridized carbons (Fsp3) is 1.00. The number of hydrogen-bond acceptors (Lipinski definition) is 2. The first-order chi connectivity index (χ1) is 4.96. The first kappa shape index (κ1) is 12.3. The van der Waals surface area contributed by atoms with E-state index in [1.165, 1.54) is 6.26 Å². The minimum absolute atomic E-state index is 0.00389. The average molecular weight is 213 g/mol. The van der Waals surface area contributed by atoms with Gasteiger partial charge in [0.05, 0.1) is 6.26 Å². The highest BCUT2D eigenvalue weighted by Gasteiger charge is 2.30. The molecular weight excluding hydrogens is 194 g/mol. The summed E-state index contributed by atoms with van der Waals surface area (Å²) in [6.07, 6.45) is 5.13. The average Bonchev–Trinajstić information content (AvgIpc) is 1.52. The first-order valence-electron chi connectivity index (χ1n) is 3.67. The predicted octanol–water partition coefficient (Wildman–Crippen LogP) is 1.31. The molecule has 12 heavy (non-hydrogen) atoms. The number of hydrogen-bond donors (Lipinski definition) is 1. The molecule has 0 spiro atoms. The van der Waals surface area contributed by atoms with Gasteiger partial charge in [0.1, 0.15) is 0 Å². The van der Waals surface area contributed by atoms with Gasteiger partial charge < -0.3 is 0 Å². The third kappa shape index (κ3) is 3.78. The maximum Gasteiger partial charge on any atom is 0.216 e. The molecule has 0 amide bonds. The van der Waals surface area contributed by atoms with Gasteiger partial charge in [0, 0.05) is 4.75 Å². The van der Waals surface area contributed by atoms with Crippen LogP contribution in [0.25, 0.3) is 0 Å². The van der Waals surface area contributed by atoms with Crippen molar-refractivity contribution in [2.24, 2.45) is 0 Å². The van der Waals surface area contributed by atoms with E-state index in [4.69, 9.17) is 0 Å². The van der Waals surface area contributed by atoms with Crippen LogP contribution in [0.15, 0.2) is 0 Å². The zero-order valence-corrected chi connectivity index (χ0v) is 10.3. The monoisotopic (exact) mass is 213 g/mol. The van der Waals surface area contributed by atoms with Crippen LogP contribution in [0.2, 0.25) is 0 Å². The zero-order valence-electron chi connectivity index (χ0n) is 8.63. The van der Waals surface area contributed by atoms with Crippen LogP contribution in [0.4, 0.5) is 0 Å². The number of sulfonamides is 1. The van der Waals surface area contributed by atoms with E-state index >= 15 is 0 Å². The quantitative estimate of drug-likeness (QED) is 0.752. The molecule has 0 aromatic heterocycles. The third-order valence-corrected chi connectivity index (χ3v) is 7.83. The minimum atomic E-state index is -3.08. The molecule has 0 bridgehead atoms. The molecule has 0 aromatic rings. The summed E-state index contributed by atoms with van der Waals surface area (Å²) in [5.41, 5.74) is 0. The summed E-state index contributed by atoms with van der Waals surface area (Å²) in [6.45, 7) is 6.13. The molecule has 0 rings (SSSR count). The van der Waals surface area contributed by atoms with Crippen molar-refractivity contribution in [3.63, 3.8) is 0 Å². The molecule has 5 heteroatoms. The normalized spacial score (nSPS) is 16.2. The second kappa shape index (κ2) is 3.20. The van der Waals surface area contributed by atoms with E-state index < -0.39 is 20.2 Å². The van der Waals surface area contributed by atoms with Crippen molar-refractivity contribution >= 4 is 20.2 Å². The predicted molar refractivity (Wildman–Crippen MR) is 57.2 cm³/mol. The van der Waals surface area contributed by atoms with Gasteiger partial charge >= 0.3 is 0 Å². The Hall–Kier alpha value is 0.260. The fourth-order valence-corrected chi connectivity index (χ4v) is 4.53. The SMILES string of the molecule is CC(C)(C)S(C)(C)NS(C)(=O)=O. The van der Waals surface area contributed by atoms with Gasteiger partial charge in [-0.15, -0.1) is 0 Å². The summed E-state index contributed by atoms with van der Waals surface area (Å²) in [6, 6.07) is 0. The first-order valence-corrected chi connectivity index (χ1v) is 8.01. The molecule has 0 saturated carbocycles.